The lowest BCUT2D eigenvalue weighted by Gasteiger charge is -2.12. The zero-order chi connectivity index (χ0) is 21.5. The first-order valence-corrected chi connectivity index (χ1v) is 10.3. The van der Waals surface area contributed by atoms with Crippen LogP contribution in [0, 0.1) is 0 Å². The van der Waals surface area contributed by atoms with E-state index in [9.17, 15) is 9.59 Å². The van der Waals surface area contributed by atoms with Crippen molar-refractivity contribution in [3.05, 3.63) is 58.6 Å². The van der Waals surface area contributed by atoms with E-state index in [0.29, 0.717) is 46.0 Å². The SMILES string of the molecule is CCCOc1c(Cl)cc(/C=C/C(=O)Nc2ccc(C(=O)NC3CC3)cc2)cc1OC. The van der Waals surface area contributed by atoms with Crippen LogP contribution in [0.25, 0.3) is 6.08 Å². The maximum atomic E-state index is 12.2. The Morgan fingerprint density at radius 3 is 2.57 bits per heavy atom. The molecule has 1 fully saturated rings. The molecule has 158 valence electrons. The highest BCUT2D eigenvalue weighted by atomic mass is 35.5. The van der Waals surface area contributed by atoms with Gasteiger partial charge in [-0.05, 0) is 67.3 Å². The number of anilines is 1. The quantitative estimate of drug-likeness (QED) is 0.568. The summed E-state index contributed by atoms with van der Waals surface area (Å²) in [6, 6.07) is 10.6. The van der Waals surface area contributed by atoms with Crippen molar-refractivity contribution in [1.82, 2.24) is 5.32 Å². The lowest BCUT2D eigenvalue weighted by molar-refractivity contribution is -0.111. The molecule has 7 heteroatoms. The van der Waals surface area contributed by atoms with E-state index in [1.807, 2.05) is 6.92 Å². The third-order valence-electron chi connectivity index (χ3n) is 4.46. The second-order valence-electron chi connectivity index (χ2n) is 7.03. The lowest BCUT2D eigenvalue weighted by Crippen LogP contribution is -2.25. The Morgan fingerprint density at radius 2 is 1.93 bits per heavy atom. The number of methoxy groups -OCH3 is 1. The van der Waals surface area contributed by atoms with Gasteiger partial charge in [0.1, 0.15) is 0 Å². The zero-order valence-corrected chi connectivity index (χ0v) is 17.8. The highest BCUT2D eigenvalue weighted by Gasteiger charge is 2.23. The molecule has 0 spiro atoms. The van der Waals surface area contributed by atoms with Crippen LogP contribution in [0.5, 0.6) is 11.5 Å². The Kier molecular flexibility index (Phi) is 7.36. The fourth-order valence-electron chi connectivity index (χ4n) is 2.74. The standard InChI is InChI=1S/C23H25ClN2O4/c1-3-12-30-22-19(24)13-15(14-20(22)29-2)4-11-21(27)25-17-7-5-16(6-8-17)23(28)26-18-9-10-18/h4-8,11,13-14,18H,3,9-10,12H2,1-2H3,(H,25,27)(H,26,28)/b11-4+. The first-order valence-electron chi connectivity index (χ1n) is 9.90. The van der Waals surface area contributed by atoms with Gasteiger partial charge in [0, 0.05) is 23.4 Å². The van der Waals surface area contributed by atoms with Crippen LogP contribution in [0.4, 0.5) is 5.69 Å². The van der Waals surface area contributed by atoms with Crippen molar-refractivity contribution in [3.63, 3.8) is 0 Å². The first-order chi connectivity index (χ1) is 14.5. The summed E-state index contributed by atoms with van der Waals surface area (Å²) in [6.45, 7) is 2.54. The fourth-order valence-corrected chi connectivity index (χ4v) is 3.01. The van der Waals surface area contributed by atoms with Gasteiger partial charge in [-0.2, -0.15) is 0 Å². The van der Waals surface area contributed by atoms with Crippen molar-refractivity contribution in [3.8, 4) is 11.5 Å². The van der Waals surface area contributed by atoms with Crippen molar-refractivity contribution in [2.75, 3.05) is 19.0 Å². The van der Waals surface area contributed by atoms with Gasteiger partial charge >= 0.3 is 0 Å². The maximum Gasteiger partial charge on any atom is 0.251 e. The molecule has 30 heavy (non-hydrogen) atoms. The molecule has 2 aromatic rings. The summed E-state index contributed by atoms with van der Waals surface area (Å²) in [5.74, 6) is 0.614. The van der Waals surface area contributed by atoms with Crippen LogP contribution >= 0.6 is 11.6 Å². The van der Waals surface area contributed by atoms with Crippen molar-refractivity contribution >= 4 is 35.2 Å². The van der Waals surface area contributed by atoms with Crippen molar-refractivity contribution in [1.29, 1.82) is 0 Å². The Hall–Kier alpha value is -2.99. The molecule has 0 aromatic heterocycles. The molecule has 1 saturated carbocycles. The number of rotatable bonds is 9. The van der Waals surface area contributed by atoms with Gasteiger partial charge < -0.3 is 20.1 Å². The van der Waals surface area contributed by atoms with Gasteiger partial charge in [-0.1, -0.05) is 18.5 Å². The van der Waals surface area contributed by atoms with Crippen LogP contribution in [0.1, 0.15) is 42.1 Å². The van der Waals surface area contributed by atoms with Crippen LogP contribution < -0.4 is 20.1 Å². The van der Waals surface area contributed by atoms with E-state index in [1.54, 1.807) is 49.6 Å². The van der Waals surface area contributed by atoms with Gasteiger partial charge in [0.25, 0.3) is 5.91 Å². The summed E-state index contributed by atoms with van der Waals surface area (Å²) in [5, 5.41) is 6.12. The third-order valence-corrected chi connectivity index (χ3v) is 4.74. The molecule has 0 radical (unpaired) electrons. The molecule has 0 unspecified atom stereocenters. The van der Waals surface area contributed by atoms with Gasteiger partial charge in [-0.15, -0.1) is 0 Å². The van der Waals surface area contributed by atoms with Crippen molar-refractivity contribution in [2.45, 2.75) is 32.2 Å². The second-order valence-corrected chi connectivity index (χ2v) is 7.44. The number of halogens is 1. The van der Waals surface area contributed by atoms with E-state index < -0.39 is 0 Å². The summed E-state index contributed by atoms with van der Waals surface area (Å²) >= 11 is 6.30. The molecule has 1 aliphatic carbocycles. The van der Waals surface area contributed by atoms with Crippen LogP contribution in [-0.4, -0.2) is 31.6 Å². The zero-order valence-electron chi connectivity index (χ0n) is 17.0. The van der Waals surface area contributed by atoms with E-state index in [2.05, 4.69) is 10.6 Å². The summed E-state index contributed by atoms with van der Waals surface area (Å²) in [5.41, 5.74) is 1.89. The molecule has 0 aliphatic heterocycles. The summed E-state index contributed by atoms with van der Waals surface area (Å²) in [4.78, 5) is 24.3. The van der Waals surface area contributed by atoms with Gasteiger partial charge in [0.05, 0.1) is 18.7 Å². The Morgan fingerprint density at radius 1 is 1.20 bits per heavy atom. The van der Waals surface area contributed by atoms with Gasteiger partial charge in [-0.25, -0.2) is 0 Å². The van der Waals surface area contributed by atoms with Gasteiger partial charge in [-0.3, -0.25) is 9.59 Å². The monoisotopic (exact) mass is 428 g/mol. The van der Waals surface area contributed by atoms with Crippen molar-refractivity contribution in [2.24, 2.45) is 0 Å². The third kappa shape index (κ3) is 6.00. The van der Waals surface area contributed by atoms with Crippen molar-refractivity contribution < 1.29 is 19.1 Å². The number of ether oxygens (including phenoxy) is 2. The summed E-state index contributed by atoms with van der Waals surface area (Å²) in [7, 11) is 1.54. The molecule has 0 atom stereocenters. The normalized spacial score (nSPS) is 13.2. The van der Waals surface area contributed by atoms with Crippen LogP contribution in [-0.2, 0) is 4.79 Å². The molecule has 2 aromatic carbocycles. The Labute approximate surface area is 181 Å². The lowest BCUT2D eigenvalue weighted by atomic mass is 10.1. The van der Waals surface area contributed by atoms with Crippen LogP contribution in [0.15, 0.2) is 42.5 Å². The predicted molar refractivity (Wildman–Crippen MR) is 118 cm³/mol. The molecule has 0 saturated heterocycles. The molecule has 0 bridgehead atoms. The number of carbonyl (C=O) groups is 2. The van der Waals surface area contributed by atoms with E-state index in [0.717, 1.165) is 19.3 Å². The predicted octanol–water partition coefficient (Wildman–Crippen LogP) is 4.68. The minimum atomic E-state index is -0.299. The smallest absolute Gasteiger partial charge is 0.251 e. The van der Waals surface area contributed by atoms with E-state index in [4.69, 9.17) is 21.1 Å². The molecule has 2 N–H and O–H groups in total. The summed E-state index contributed by atoms with van der Waals surface area (Å²) < 4.78 is 11.0. The average Bonchev–Trinajstić information content (AvgIpc) is 3.55. The number of hydrogen-bond donors (Lipinski definition) is 2. The molecular formula is C23H25ClN2O4. The summed E-state index contributed by atoms with van der Waals surface area (Å²) in [6.07, 6.45) is 5.99. The number of hydrogen-bond acceptors (Lipinski definition) is 4. The minimum absolute atomic E-state index is 0.0903. The molecule has 6 nitrogen and oxygen atoms in total. The molecular weight excluding hydrogens is 404 g/mol. The van der Waals surface area contributed by atoms with E-state index >= 15 is 0 Å². The number of carbonyl (C=O) groups excluding carboxylic acids is 2. The highest BCUT2D eigenvalue weighted by molar-refractivity contribution is 6.32. The van der Waals surface area contributed by atoms with Gasteiger partial charge in [0.2, 0.25) is 5.91 Å². The topological polar surface area (TPSA) is 76.7 Å². The van der Waals surface area contributed by atoms with Gasteiger partial charge in [0.15, 0.2) is 11.5 Å². The Bertz CT molecular complexity index is 937. The largest absolute Gasteiger partial charge is 0.493 e. The number of benzene rings is 2. The van der Waals surface area contributed by atoms with Crippen LogP contribution in [0.3, 0.4) is 0 Å². The molecule has 0 heterocycles. The fraction of sp³-hybridized carbons (Fsp3) is 0.304. The maximum absolute atomic E-state index is 12.2. The molecule has 1 aliphatic rings. The second kappa shape index (κ2) is 10.2. The number of amides is 2. The molecule has 2 amide bonds. The number of nitrogens with one attached hydrogen (secondary N) is 2. The molecule has 3 rings (SSSR count). The van der Waals surface area contributed by atoms with E-state index in [-0.39, 0.29) is 11.8 Å². The Balaban J connectivity index is 1.61. The first kappa shape index (κ1) is 21.7. The van der Waals surface area contributed by atoms with Crippen LogP contribution in [0.2, 0.25) is 5.02 Å². The average molecular weight is 429 g/mol. The highest BCUT2D eigenvalue weighted by Crippen LogP contribution is 2.36. The minimum Gasteiger partial charge on any atom is -0.493 e. The van der Waals surface area contributed by atoms with E-state index in [1.165, 1.54) is 6.08 Å².